The molecule has 2 heteroatoms. The normalized spacial score (nSPS) is 23.5. The van der Waals surface area contributed by atoms with Crippen LogP contribution in [0.3, 0.4) is 0 Å². The van der Waals surface area contributed by atoms with E-state index in [0.717, 1.165) is 25.8 Å². The topological polar surface area (TPSA) is 20.3 Å². The number of carbonyl (C=O) groups is 1. The molecule has 3 rings (SSSR count). The molecule has 2 aliphatic rings. The Morgan fingerprint density at radius 2 is 2.00 bits per heavy atom. The van der Waals surface area contributed by atoms with Crippen molar-refractivity contribution in [3.8, 4) is 0 Å². The first-order chi connectivity index (χ1) is 8.36. The molecule has 1 aliphatic carbocycles. The maximum atomic E-state index is 10.8. The molecule has 1 aromatic carbocycles. The van der Waals surface area contributed by atoms with E-state index >= 15 is 0 Å². The summed E-state index contributed by atoms with van der Waals surface area (Å²) in [6.45, 7) is 1.93. The van der Waals surface area contributed by atoms with E-state index in [9.17, 15) is 4.79 Å². The highest BCUT2D eigenvalue weighted by molar-refractivity contribution is 5.59. The molecule has 90 valence electrons. The van der Waals surface area contributed by atoms with Crippen LogP contribution in [0.1, 0.15) is 30.4 Å². The summed E-state index contributed by atoms with van der Waals surface area (Å²) in [4.78, 5) is 13.1. The number of hydrogen-bond donors (Lipinski definition) is 0. The molecule has 1 fully saturated rings. The molecular formula is C15H19NO. The summed E-state index contributed by atoms with van der Waals surface area (Å²) < 4.78 is 0. The Morgan fingerprint density at radius 3 is 2.76 bits per heavy atom. The second kappa shape index (κ2) is 4.52. The van der Waals surface area contributed by atoms with Gasteiger partial charge < -0.3 is 9.69 Å². The van der Waals surface area contributed by atoms with Gasteiger partial charge in [-0.1, -0.05) is 6.07 Å². The summed E-state index contributed by atoms with van der Waals surface area (Å²) in [5, 5.41) is 0. The third-order valence-electron chi connectivity index (χ3n) is 4.11. The van der Waals surface area contributed by atoms with Crippen LogP contribution in [0.5, 0.6) is 0 Å². The monoisotopic (exact) mass is 229 g/mol. The number of aryl methyl sites for hydroxylation is 2. The Bertz CT molecular complexity index is 427. The summed E-state index contributed by atoms with van der Waals surface area (Å²) in [7, 11) is 0. The number of hydrogen-bond acceptors (Lipinski definition) is 2. The van der Waals surface area contributed by atoms with Gasteiger partial charge in [0.2, 0.25) is 0 Å². The van der Waals surface area contributed by atoms with Crippen LogP contribution >= 0.6 is 0 Å². The average molecular weight is 229 g/mol. The summed E-state index contributed by atoms with van der Waals surface area (Å²) in [6.07, 6.45) is 7.26. The van der Waals surface area contributed by atoms with E-state index in [-0.39, 0.29) is 5.92 Å². The van der Waals surface area contributed by atoms with E-state index in [0.29, 0.717) is 0 Å². The lowest BCUT2D eigenvalue weighted by atomic mass is 9.91. The zero-order valence-corrected chi connectivity index (χ0v) is 10.2. The number of carbonyl (C=O) groups excluding carboxylic acids is 1. The minimum atomic E-state index is 0.242. The van der Waals surface area contributed by atoms with Crippen molar-refractivity contribution in [2.45, 2.75) is 32.1 Å². The average Bonchev–Trinajstić information content (AvgIpc) is 2.87. The highest BCUT2D eigenvalue weighted by atomic mass is 16.1. The Kier molecular flexibility index (Phi) is 2.87. The first-order valence-corrected chi connectivity index (χ1v) is 6.69. The van der Waals surface area contributed by atoms with Crippen molar-refractivity contribution in [1.82, 2.24) is 0 Å². The van der Waals surface area contributed by atoms with Gasteiger partial charge in [0, 0.05) is 24.7 Å². The van der Waals surface area contributed by atoms with Gasteiger partial charge in [-0.15, -0.1) is 0 Å². The largest absolute Gasteiger partial charge is 0.371 e. The zero-order chi connectivity index (χ0) is 11.7. The number of aldehydes is 1. The molecule has 1 unspecified atom stereocenters. The van der Waals surface area contributed by atoms with Crippen molar-refractivity contribution < 1.29 is 4.79 Å². The van der Waals surface area contributed by atoms with Gasteiger partial charge in [0.25, 0.3) is 0 Å². The second-order valence-corrected chi connectivity index (χ2v) is 5.29. The van der Waals surface area contributed by atoms with Gasteiger partial charge in [-0.3, -0.25) is 0 Å². The summed E-state index contributed by atoms with van der Waals surface area (Å²) in [6, 6.07) is 6.87. The smallest absolute Gasteiger partial charge is 0.124 e. The molecule has 0 bridgehead atoms. The Labute approximate surface area is 103 Å². The maximum absolute atomic E-state index is 10.8. The van der Waals surface area contributed by atoms with E-state index in [1.54, 1.807) is 0 Å². The molecule has 0 N–H and O–H groups in total. The minimum Gasteiger partial charge on any atom is -0.371 e. The number of fused-ring (bicyclic) bond motifs is 1. The fraction of sp³-hybridized carbons (Fsp3) is 0.533. The van der Waals surface area contributed by atoms with Crippen LogP contribution in [0, 0.1) is 5.92 Å². The Morgan fingerprint density at radius 1 is 1.18 bits per heavy atom. The van der Waals surface area contributed by atoms with Crippen molar-refractivity contribution in [2.75, 3.05) is 18.0 Å². The highest BCUT2D eigenvalue weighted by Gasteiger charge is 2.22. The Hall–Kier alpha value is -1.31. The fourth-order valence-corrected chi connectivity index (χ4v) is 3.05. The van der Waals surface area contributed by atoms with Crippen LogP contribution in [0.15, 0.2) is 18.2 Å². The summed E-state index contributed by atoms with van der Waals surface area (Å²) >= 11 is 0. The van der Waals surface area contributed by atoms with Crippen molar-refractivity contribution in [2.24, 2.45) is 5.92 Å². The molecule has 1 atom stereocenters. The third-order valence-corrected chi connectivity index (χ3v) is 4.11. The van der Waals surface area contributed by atoms with Crippen LogP contribution in [0.4, 0.5) is 5.69 Å². The van der Waals surface area contributed by atoms with E-state index < -0.39 is 0 Å². The van der Waals surface area contributed by atoms with Gasteiger partial charge in [-0.25, -0.2) is 0 Å². The molecule has 1 heterocycles. The molecule has 0 aromatic heterocycles. The SMILES string of the molecule is O=CC1CCN(c2ccc3c(c2)CCCC3)C1. The number of anilines is 1. The van der Waals surface area contributed by atoms with Crippen molar-refractivity contribution in [1.29, 1.82) is 0 Å². The fourth-order valence-electron chi connectivity index (χ4n) is 3.05. The van der Waals surface area contributed by atoms with Crippen LogP contribution < -0.4 is 4.90 Å². The molecular weight excluding hydrogens is 210 g/mol. The van der Waals surface area contributed by atoms with E-state index in [1.165, 1.54) is 42.5 Å². The lowest BCUT2D eigenvalue weighted by molar-refractivity contribution is -0.110. The van der Waals surface area contributed by atoms with Gasteiger partial charge in [-0.05, 0) is 55.4 Å². The zero-order valence-electron chi connectivity index (χ0n) is 10.2. The van der Waals surface area contributed by atoms with Gasteiger partial charge >= 0.3 is 0 Å². The maximum Gasteiger partial charge on any atom is 0.124 e. The van der Waals surface area contributed by atoms with E-state index in [2.05, 4.69) is 23.1 Å². The van der Waals surface area contributed by atoms with E-state index in [4.69, 9.17) is 0 Å². The number of rotatable bonds is 2. The van der Waals surface area contributed by atoms with Gasteiger partial charge in [0.1, 0.15) is 6.29 Å². The van der Waals surface area contributed by atoms with Gasteiger partial charge in [0.15, 0.2) is 0 Å². The molecule has 1 aromatic rings. The number of benzene rings is 1. The van der Waals surface area contributed by atoms with Gasteiger partial charge in [-0.2, -0.15) is 0 Å². The first kappa shape index (κ1) is 10.8. The Balaban J connectivity index is 1.82. The molecule has 1 saturated heterocycles. The lowest BCUT2D eigenvalue weighted by Crippen LogP contribution is -2.20. The quantitative estimate of drug-likeness (QED) is 0.726. The molecule has 1 aliphatic heterocycles. The molecule has 17 heavy (non-hydrogen) atoms. The van der Waals surface area contributed by atoms with E-state index in [1.807, 2.05) is 0 Å². The van der Waals surface area contributed by atoms with Crippen molar-refractivity contribution in [3.05, 3.63) is 29.3 Å². The standard InChI is InChI=1S/C15H19NO/c17-11-12-7-8-16(10-12)15-6-5-13-3-1-2-4-14(13)9-15/h5-6,9,11-12H,1-4,7-8,10H2. The number of nitrogens with zero attached hydrogens (tertiary/aromatic N) is 1. The second-order valence-electron chi connectivity index (χ2n) is 5.29. The highest BCUT2D eigenvalue weighted by Crippen LogP contribution is 2.28. The molecule has 0 saturated carbocycles. The molecule has 0 amide bonds. The third kappa shape index (κ3) is 2.08. The molecule has 2 nitrogen and oxygen atoms in total. The van der Waals surface area contributed by atoms with Crippen molar-refractivity contribution in [3.63, 3.8) is 0 Å². The van der Waals surface area contributed by atoms with Crippen molar-refractivity contribution >= 4 is 12.0 Å². The minimum absolute atomic E-state index is 0.242. The van der Waals surface area contributed by atoms with Crippen LogP contribution in [-0.4, -0.2) is 19.4 Å². The first-order valence-electron chi connectivity index (χ1n) is 6.69. The van der Waals surface area contributed by atoms with Crippen LogP contribution in [-0.2, 0) is 17.6 Å². The summed E-state index contributed by atoms with van der Waals surface area (Å²) in [5.74, 6) is 0.242. The molecule has 0 spiro atoms. The van der Waals surface area contributed by atoms with Crippen LogP contribution in [0.2, 0.25) is 0 Å². The predicted octanol–water partition coefficient (Wildman–Crippen LogP) is 2.59. The molecule has 0 radical (unpaired) electrons. The summed E-state index contributed by atoms with van der Waals surface area (Å²) in [5.41, 5.74) is 4.38. The van der Waals surface area contributed by atoms with Gasteiger partial charge in [0.05, 0.1) is 0 Å². The predicted molar refractivity (Wildman–Crippen MR) is 69.5 cm³/mol. The van der Waals surface area contributed by atoms with Crippen LogP contribution in [0.25, 0.3) is 0 Å². The lowest BCUT2D eigenvalue weighted by Gasteiger charge is -2.22.